The second kappa shape index (κ2) is 4.83. The summed E-state index contributed by atoms with van der Waals surface area (Å²) in [7, 11) is -3.61. The Kier molecular flexibility index (Phi) is 2.99. The maximum Gasteiger partial charge on any atom is 0.264 e. The van der Waals surface area contributed by atoms with E-state index in [-0.39, 0.29) is 17.2 Å². The van der Waals surface area contributed by atoms with Gasteiger partial charge in [-0.2, -0.15) is 0 Å². The maximum atomic E-state index is 13.0. The highest BCUT2D eigenvalue weighted by atomic mass is 32.2. The molecule has 0 aliphatic carbocycles. The van der Waals surface area contributed by atoms with Gasteiger partial charge in [-0.15, -0.1) is 0 Å². The molecule has 0 saturated carbocycles. The van der Waals surface area contributed by atoms with Gasteiger partial charge in [0.25, 0.3) is 10.0 Å². The van der Waals surface area contributed by atoms with Crippen LogP contribution < -0.4 is 9.62 Å². The lowest BCUT2D eigenvalue weighted by Gasteiger charge is -2.20. The zero-order valence-corrected chi connectivity index (χ0v) is 13.5. The molecule has 0 atom stereocenters. The van der Waals surface area contributed by atoms with Crippen LogP contribution in [-0.2, 0) is 27.7 Å². The summed E-state index contributed by atoms with van der Waals surface area (Å²) < 4.78 is 27.4. The Hall–Kier alpha value is -2.34. The number of anilines is 2. The number of hydrogen-bond acceptors (Lipinski definition) is 3. The summed E-state index contributed by atoms with van der Waals surface area (Å²) in [5.74, 6) is -0.100. The molecule has 6 heteroatoms. The second-order valence-electron chi connectivity index (χ2n) is 6.00. The molecular weight excluding hydrogens is 312 g/mol. The van der Waals surface area contributed by atoms with Gasteiger partial charge in [-0.3, -0.25) is 9.10 Å². The average molecular weight is 328 g/mol. The highest BCUT2D eigenvalue weighted by Crippen LogP contribution is 2.35. The van der Waals surface area contributed by atoms with Crippen molar-refractivity contribution in [3.63, 3.8) is 0 Å². The van der Waals surface area contributed by atoms with E-state index in [4.69, 9.17) is 0 Å². The van der Waals surface area contributed by atoms with Crippen molar-refractivity contribution >= 4 is 27.3 Å². The molecule has 0 unspecified atom stereocenters. The quantitative estimate of drug-likeness (QED) is 0.919. The molecule has 0 fully saturated rings. The van der Waals surface area contributed by atoms with Crippen molar-refractivity contribution in [2.75, 3.05) is 16.2 Å². The number of rotatable bonds is 2. The Bertz CT molecular complexity index is 935. The summed E-state index contributed by atoms with van der Waals surface area (Å²) in [6.45, 7) is 2.46. The molecule has 0 aromatic heterocycles. The fraction of sp³-hybridized carbons (Fsp3) is 0.235. The first-order chi connectivity index (χ1) is 10.9. The summed E-state index contributed by atoms with van der Waals surface area (Å²) in [6.07, 6.45) is 0.954. The first-order valence-corrected chi connectivity index (χ1v) is 8.94. The van der Waals surface area contributed by atoms with Gasteiger partial charge in [-0.25, -0.2) is 8.42 Å². The number of nitrogens with zero attached hydrogens (tertiary/aromatic N) is 1. The fourth-order valence-electron chi connectivity index (χ4n) is 3.24. The van der Waals surface area contributed by atoms with Gasteiger partial charge >= 0.3 is 0 Å². The molecule has 23 heavy (non-hydrogen) atoms. The highest BCUT2D eigenvalue weighted by molar-refractivity contribution is 7.92. The summed E-state index contributed by atoms with van der Waals surface area (Å²) in [5.41, 5.74) is 4.38. The van der Waals surface area contributed by atoms with Gasteiger partial charge in [0, 0.05) is 12.2 Å². The smallest absolute Gasteiger partial charge is 0.264 e. The first kappa shape index (κ1) is 14.3. The molecule has 2 aromatic rings. The number of carbonyl (C=O) groups excluding carboxylic acids is 1. The molecule has 5 nitrogen and oxygen atoms in total. The monoisotopic (exact) mass is 328 g/mol. The van der Waals surface area contributed by atoms with E-state index in [1.54, 1.807) is 18.2 Å². The molecule has 0 spiro atoms. The van der Waals surface area contributed by atoms with Crippen molar-refractivity contribution in [1.82, 2.24) is 0 Å². The van der Waals surface area contributed by atoms with E-state index in [1.807, 2.05) is 25.1 Å². The van der Waals surface area contributed by atoms with Crippen LogP contribution in [-0.4, -0.2) is 20.9 Å². The Balaban J connectivity index is 1.76. The lowest BCUT2D eigenvalue weighted by Crippen LogP contribution is -2.29. The van der Waals surface area contributed by atoms with Crippen LogP contribution in [0.3, 0.4) is 0 Å². The van der Waals surface area contributed by atoms with Gasteiger partial charge in [0.15, 0.2) is 0 Å². The third kappa shape index (κ3) is 2.21. The Morgan fingerprint density at radius 1 is 1.09 bits per heavy atom. The van der Waals surface area contributed by atoms with Gasteiger partial charge in [0.2, 0.25) is 5.91 Å². The second-order valence-corrected chi connectivity index (χ2v) is 7.87. The molecule has 2 heterocycles. The highest BCUT2D eigenvalue weighted by Gasteiger charge is 2.32. The van der Waals surface area contributed by atoms with Crippen LogP contribution in [0.2, 0.25) is 0 Å². The van der Waals surface area contributed by atoms with Gasteiger partial charge in [0.05, 0.1) is 17.0 Å². The van der Waals surface area contributed by atoms with Crippen molar-refractivity contribution < 1.29 is 13.2 Å². The van der Waals surface area contributed by atoms with Gasteiger partial charge in [-0.1, -0.05) is 17.7 Å². The first-order valence-electron chi connectivity index (χ1n) is 7.50. The summed E-state index contributed by atoms with van der Waals surface area (Å²) in [6, 6.07) is 10.7. The Morgan fingerprint density at radius 3 is 2.74 bits per heavy atom. The zero-order valence-electron chi connectivity index (χ0n) is 12.7. The Morgan fingerprint density at radius 2 is 1.91 bits per heavy atom. The molecule has 2 aliphatic rings. The molecule has 118 valence electrons. The third-order valence-corrected chi connectivity index (χ3v) is 6.19. The molecule has 0 bridgehead atoms. The molecule has 0 radical (unpaired) electrons. The lowest BCUT2D eigenvalue weighted by molar-refractivity contribution is -0.115. The van der Waals surface area contributed by atoms with E-state index in [0.717, 1.165) is 28.8 Å². The van der Waals surface area contributed by atoms with Crippen molar-refractivity contribution in [3.8, 4) is 0 Å². The largest absolute Gasteiger partial charge is 0.326 e. The number of aryl methyl sites for hydroxylation is 1. The number of sulfonamides is 1. The lowest BCUT2D eigenvalue weighted by atomic mass is 10.1. The van der Waals surface area contributed by atoms with E-state index in [0.29, 0.717) is 12.2 Å². The van der Waals surface area contributed by atoms with E-state index >= 15 is 0 Å². The fourth-order valence-corrected chi connectivity index (χ4v) is 4.80. The van der Waals surface area contributed by atoms with Crippen LogP contribution >= 0.6 is 0 Å². The molecule has 1 N–H and O–H groups in total. The van der Waals surface area contributed by atoms with Gasteiger partial charge < -0.3 is 5.32 Å². The SMILES string of the molecule is Cc1ccc2c(c1)CCN2S(=O)(=O)c1ccc2c(c1)CC(=O)N2. The van der Waals surface area contributed by atoms with Crippen molar-refractivity contribution in [2.45, 2.75) is 24.7 Å². The van der Waals surface area contributed by atoms with Crippen LogP contribution in [0.4, 0.5) is 11.4 Å². The van der Waals surface area contributed by atoms with E-state index in [2.05, 4.69) is 5.32 Å². The number of amides is 1. The average Bonchev–Trinajstić information content (AvgIpc) is 3.08. The number of fused-ring (bicyclic) bond motifs is 2. The summed E-state index contributed by atoms with van der Waals surface area (Å²) in [4.78, 5) is 11.7. The molecule has 4 rings (SSSR count). The minimum Gasteiger partial charge on any atom is -0.326 e. The van der Waals surface area contributed by atoms with E-state index in [1.165, 1.54) is 4.31 Å². The van der Waals surface area contributed by atoms with Crippen LogP contribution in [0.1, 0.15) is 16.7 Å². The Labute approximate surface area is 135 Å². The minimum atomic E-state index is -3.61. The van der Waals surface area contributed by atoms with Crippen LogP contribution in [0, 0.1) is 6.92 Å². The number of hydrogen-bond donors (Lipinski definition) is 1. The minimum absolute atomic E-state index is 0.100. The summed E-state index contributed by atoms with van der Waals surface area (Å²) >= 11 is 0. The number of nitrogens with one attached hydrogen (secondary N) is 1. The third-order valence-electron chi connectivity index (χ3n) is 4.38. The predicted molar refractivity (Wildman–Crippen MR) is 88.2 cm³/mol. The van der Waals surface area contributed by atoms with Crippen LogP contribution in [0.25, 0.3) is 0 Å². The summed E-state index contributed by atoms with van der Waals surface area (Å²) in [5, 5.41) is 2.72. The van der Waals surface area contributed by atoms with Crippen molar-refractivity contribution in [2.24, 2.45) is 0 Å². The molecule has 0 saturated heterocycles. The molecule has 2 aliphatic heterocycles. The van der Waals surface area contributed by atoms with E-state index in [9.17, 15) is 13.2 Å². The normalized spacial score (nSPS) is 16.2. The molecular formula is C17H16N2O3S. The predicted octanol–water partition coefficient (Wildman–Crippen LogP) is 2.24. The maximum absolute atomic E-state index is 13.0. The number of carbonyl (C=O) groups is 1. The van der Waals surface area contributed by atoms with Crippen LogP contribution in [0.15, 0.2) is 41.3 Å². The van der Waals surface area contributed by atoms with Crippen molar-refractivity contribution in [1.29, 1.82) is 0 Å². The van der Waals surface area contributed by atoms with Crippen molar-refractivity contribution in [3.05, 3.63) is 53.1 Å². The van der Waals surface area contributed by atoms with Crippen LogP contribution in [0.5, 0.6) is 0 Å². The van der Waals surface area contributed by atoms with Gasteiger partial charge in [-0.05, 0) is 48.7 Å². The standard InChI is InChI=1S/C17H16N2O3S/c1-11-2-5-16-12(8-11)6-7-19(16)23(21,22)14-3-4-15-13(9-14)10-17(20)18-15/h2-5,8-9H,6-7,10H2,1H3,(H,18,20). The topological polar surface area (TPSA) is 66.5 Å². The van der Waals surface area contributed by atoms with E-state index < -0.39 is 10.0 Å². The number of benzene rings is 2. The molecule has 2 aromatic carbocycles. The van der Waals surface area contributed by atoms with Gasteiger partial charge in [0.1, 0.15) is 0 Å². The zero-order chi connectivity index (χ0) is 16.2. The molecule has 1 amide bonds.